The van der Waals surface area contributed by atoms with Crippen LogP contribution in [0, 0.1) is 0 Å². The molecule has 0 radical (unpaired) electrons. The van der Waals surface area contributed by atoms with E-state index in [1.165, 1.54) is 0 Å². The average molecular weight is 329 g/mol. The van der Waals surface area contributed by atoms with Crippen molar-refractivity contribution in [1.29, 1.82) is 0 Å². The molecule has 16 heavy (non-hydrogen) atoms. The van der Waals surface area contributed by atoms with Crippen LogP contribution in [-0.2, 0) is 10.0 Å². The lowest BCUT2D eigenvalue weighted by atomic mass is 10.3. The first-order chi connectivity index (χ1) is 7.38. The van der Waals surface area contributed by atoms with Crippen LogP contribution in [0.25, 0.3) is 0 Å². The highest BCUT2D eigenvalue weighted by atomic mass is 79.9. The number of primary sulfonamides is 1. The Hall–Kier alpha value is -0.300. The molecule has 0 bridgehead atoms. The third-order valence-electron chi connectivity index (χ3n) is 1.72. The van der Waals surface area contributed by atoms with Crippen LogP contribution in [0.2, 0.25) is 5.02 Å². The Kier molecular flexibility index (Phi) is 5.04. The molecule has 0 aliphatic carbocycles. The maximum absolute atomic E-state index is 10.6. The lowest BCUT2D eigenvalue weighted by Crippen LogP contribution is -2.18. The van der Waals surface area contributed by atoms with Crippen molar-refractivity contribution in [2.45, 2.75) is 6.42 Å². The average Bonchev–Trinajstić information content (AvgIpc) is 2.13. The van der Waals surface area contributed by atoms with Gasteiger partial charge in [-0.25, -0.2) is 13.6 Å². The Balaban J connectivity index is 2.43. The summed E-state index contributed by atoms with van der Waals surface area (Å²) in [5.41, 5.74) is 0. The first-order valence-corrected chi connectivity index (χ1v) is 7.35. The van der Waals surface area contributed by atoms with Crippen molar-refractivity contribution in [3.63, 3.8) is 0 Å². The van der Waals surface area contributed by atoms with Crippen molar-refractivity contribution >= 4 is 37.6 Å². The first-order valence-electron chi connectivity index (χ1n) is 4.47. The zero-order chi connectivity index (χ0) is 12.2. The molecule has 1 aromatic carbocycles. The lowest BCUT2D eigenvalue weighted by Gasteiger charge is -2.07. The number of nitrogens with two attached hydrogens (primary N) is 1. The highest BCUT2D eigenvalue weighted by molar-refractivity contribution is 9.10. The van der Waals surface area contributed by atoms with E-state index in [4.69, 9.17) is 21.5 Å². The van der Waals surface area contributed by atoms with Crippen molar-refractivity contribution < 1.29 is 13.2 Å². The molecule has 0 spiro atoms. The number of benzene rings is 1. The Morgan fingerprint density at radius 3 is 2.69 bits per heavy atom. The second-order valence-electron chi connectivity index (χ2n) is 3.14. The van der Waals surface area contributed by atoms with Gasteiger partial charge in [-0.15, -0.1) is 0 Å². The van der Waals surface area contributed by atoms with Crippen LogP contribution in [0.1, 0.15) is 6.42 Å². The predicted molar refractivity (Wildman–Crippen MR) is 67.2 cm³/mol. The third kappa shape index (κ3) is 5.16. The van der Waals surface area contributed by atoms with E-state index >= 15 is 0 Å². The van der Waals surface area contributed by atoms with E-state index in [1.807, 2.05) is 0 Å². The third-order valence-corrected chi connectivity index (χ3v) is 3.44. The fraction of sp³-hybridized carbons (Fsp3) is 0.333. The minimum absolute atomic E-state index is 0.0851. The number of halogens is 2. The molecule has 90 valence electrons. The van der Waals surface area contributed by atoms with Gasteiger partial charge in [0.1, 0.15) is 5.75 Å². The van der Waals surface area contributed by atoms with Gasteiger partial charge in [-0.05, 0) is 40.5 Å². The van der Waals surface area contributed by atoms with Gasteiger partial charge < -0.3 is 4.74 Å². The molecule has 0 amide bonds. The largest absolute Gasteiger partial charge is 0.492 e. The molecular formula is C9H11BrClNO3S. The van der Waals surface area contributed by atoms with Crippen LogP contribution in [0.5, 0.6) is 5.75 Å². The molecule has 0 fully saturated rings. The summed E-state index contributed by atoms with van der Waals surface area (Å²) < 4.78 is 27.4. The summed E-state index contributed by atoms with van der Waals surface area (Å²) in [6.45, 7) is 0.288. The smallest absolute Gasteiger partial charge is 0.209 e. The summed E-state index contributed by atoms with van der Waals surface area (Å²) in [5.74, 6) is 0.539. The monoisotopic (exact) mass is 327 g/mol. The van der Waals surface area contributed by atoms with Crippen molar-refractivity contribution in [1.82, 2.24) is 0 Å². The second kappa shape index (κ2) is 5.86. The van der Waals surface area contributed by atoms with Gasteiger partial charge in [0.25, 0.3) is 0 Å². The molecule has 0 aliphatic heterocycles. The van der Waals surface area contributed by atoms with Gasteiger partial charge in [0, 0.05) is 5.02 Å². The topological polar surface area (TPSA) is 69.4 Å². The SMILES string of the molecule is NS(=O)(=O)CCCOc1ccc(Cl)cc1Br. The molecule has 0 saturated carbocycles. The van der Waals surface area contributed by atoms with E-state index in [9.17, 15) is 8.42 Å². The zero-order valence-electron chi connectivity index (χ0n) is 8.32. The molecular weight excluding hydrogens is 318 g/mol. The van der Waals surface area contributed by atoms with Crippen LogP contribution in [-0.4, -0.2) is 20.8 Å². The van der Waals surface area contributed by atoms with Crippen LogP contribution >= 0.6 is 27.5 Å². The van der Waals surface area contributed by atoms with Crippen LogP contribution in [0.3, 0.4) is 0 Å². The van der Waals surface area contributed by atoms with Crippen LogP contribution < -0.4 is 9.88 Å². The number of hydrogen-bond donors (Lipinski definition) is 1. The van der Waals surface area contributed by atoms with Crippen molar-refractivity contribution in [2.24, 2.45) is 5.14 Å². The minimum Gasteiger partial charge on any atom is -0.492 e. The number of ether oxygens (including phenoxy) is 1. The van der Waals surface area contributed by atoms with Crippen molar-refractivity contribution in [3.05, 3.63) is 27.7 Å². The van der Waals surface area contributed by atoms with Gasteiger partial charge in [-0.1, -0.05) is 11.6 Å². The van der Waals surface area contributed by atoms with Gasteiger partial charge in [0.2, 0.25) is 10.0 Å². The first kappa shape index (κ1) is 13.8. The summed E-state index contributed by atoms with van der Waals surface area (Å²) in [6.07, 6.45) is 0.355. The number of sulfonamides is 1. The van der Waals surface area contributed by atoms with Crippen LogP contribution in [0.15, 0.2) is 22.7 Å². The Morgan fingerprint density at radius 1 is 1.44 bits per heavy atom. The highest BCUT2D eigenvalue weighted by Crippen LogP contribution is 2.27. The molecule has 0 atom stereocenters. The zero-order valence-corrected chi connectivity index (χ0v) is 11.5. The van der Waals surface area contributed by atoms with E-state index in [-0.39, 0.29) is 12.4 Å². The van der Waals surface area contributed by atoms with Gasteiger partial charge in [-0.3, -0.25) is 0 Å². The lowest BCUT2D eigenvalue weighted by molar-refractivity contribution is 0.316. The van der Waals surface area contributed by atoms with E-state index in [1.54, 1.807) is 18.2 Å². The maximum atomic E-state index is 10.6. The fourth-order valence-corrected chi connectivity index (χ4v) is 2.35. The van der Waals surface area contributed by atoms with E-state index < -0.39 is 10.0 Å². The number of rotatable bonds is 5. The van der Waals surface area contributed by atoms with Crippen LogP contribution in [0.4, 0.5) is 0 Å². The standard InChI is InChI=1S/C9H11BrClNO3S/c10-8-6-7(11)2-3-9(8)15-4-1-5-16(12,13)14/h2-3,6H,1,4-5H2,(H2,12,13,14). The molecule has 0 unspecified atom stereocenters. The molecule has 2 N–H and O–H groups in total. The molecule has 4 nitrogen and oxygen atoms in total. The number of hydrogen-bond acceptors (Lipinski definition) is 3. The highest BCUT2D eigenvalue weighted by Gasteiger charge is 2.04. The second-order valence-corrected chi connectivity index (χ2v) is 6.17. The molecule has 0 aliphatic rings. The molecule has 0 aromatic heterocycles. The Labute approximate surface area is 108 Å². The predicted octanol–water partition coefficient (Wildman–Crippen LogP) is 2.16. The summed E-state index contributed by atoms with van der Waals surface area (Å²) in [6, 6.07) is 5.11. The molecule has 0 heterocycles. The molecule has 1 rings (SSSR count). The summed E-state index contributed by atoms with van der Waals surface area (Å²) in [4.78, 5) is 0. The van der Waals surface area contributed by atoms with Gasteiger partial charge in [0.15, 0.2) is 0 Å². The Morgan fingerprint density at radius 2 is 2.12 bits per heavy atom. The molecule has 7 heteroatoms. The summed E-state index contributed by atoms with van der Waals surface area (Å²) in [5, 5.41) is 5.46. The quantitative estimate of drug-likeness (QED) is 0.842. The minimum atomic E-state index is -3.41. The van der Waals surface area contributed by atoms with Crippen molar-refractivity contribution in [3.8, 4) is 5.75 Å². The van der Waals surface area contributed by atoms with E-state index in [0.29, 0.717) is 17.2 Å². The molecule has 0 saturated heterocycles. The van der Waals surface area contributed by atoms with Crippen molar-refractivity contribution in [2.75, 3.05) is 12.4 Å². The summed E-state index contributed by atoms with van der Waals surface area (Å²) >= 11 is 9.04. The maximum Gasteiger partial charge on any atom is 0.209 e. The Bertz CT molecular complexity index is 464. The summed E-state index contributed by atoms with van der Waals surface area (Å²) in [7, 11) is -3.41. The van der Waals surface area contributed by atoms with E-state index in [0.717, 1.165) is 4.47 Å². The van der Waals surface area contributed by atoms with E-state index in [2.05, 4.69) is 15.9 Å². The van der Waals surface area contributed by atoms with Gasteiger partial charge in [0.05, 0.1) is 16.8 Å². The fourth-order valence-electron chi connectivity index (χ4n) is 1.03. The molecule has 1 aromatic rings. The normalized spacial score (nSPS) is 11.4. The van der Waals surface area contributed by atoms with Gasteiger partial charge >= 0.3 is 0 Å². The van der Waals surface area contributed by atoms with Gasteiger partial charge in [-0.2, -0.15) is 0 Å².